The Morgan fingerprint density at radius 1 is 1.21 bits per heavy atom. The molecule has 2 rings (SSSR count). The number of alkyl halides is 3. The van der Waals surface area contributed by atoms with Crippen molar-refractivity contribution in [1.29, 1.82) is 5.26 Å². The molecule has 0 saturated heterocycles. The van der Waals surface area contributed by atoms with Crippen LogP contribution in [0.15, 0.2) is 53.8 Å². The number of benzene rings is 1. The Hall–Kier alpha value is -3.65. The van der Waals surface area contributed by atoms with Crippen LogP contribution in [0.5, 0.6) is 0 Å². The highest BCUT2D eigenvalue weighted by atomic mass is 35.5. The Morgan fingerprint density at radius 3 is 2.45 bits per heavy atom. The molecule has 0 radical (unpaired) electrons. The summed E-state index contributed by atoms with van der Waals surface area (Å²) >= 11 is 5.70. The maximum atomic E-state index is 13.0. The molecule has 1 aromatic heterocycles. The van der Waals surface area contributed by atoms with Crippen molar-refractivity contribution >= 4 is 34.9 Å². The number of hydrogen-bond acceptors (Lipinski definition) is 5. The van der Waals surface area contributed by atoms with Crippen LogP contribution in [0.2, 0.25) is 5.02 Å². The summed E-state index contributed by atoms with van der Waals surface area (Å²) in [5.41, 5.74) is 0.232. The monoisotopic (exact) mass is 424 g/mol. The standard InChI is InChI=1S/C17H12ClF3N6O2/c18-11-5-3-10(4-6-11)15(29)26-14(13(28)17(19,20)21)27-16(24-9-22)25-12-2-1-7-23-8-12/h1-8,14H,(H,26,29)(H2,24,25,27). The Bertz CT molecular complexity index is 942. The maximum absolute atomic E-state index is 13.0. The number of hydrogen-bond donors (Lipinski definition) is 3. The second-order valence-electron chi connectivity index (χ2n) is 5.33. The second kappa shape index (κ2) is 9.52. The summed E-state index contributed by atoms with van der Waals surface area (Å²) in [6.07, 6.45) is -3.40. The Balaban J connectivity index is 2.33. The fourth-order valence-electron chi connectivity index (χ4n) is 1.97. The Kier molecular flexibility index (Phi) is 7.10. The van der Waals surface area contributed by atoms with E-state index in [2.05, 4.69) is 15.3 Å². The first-order chi connectivity index (χ1) is 13.7. The molecular formula is C17H12ClF3N6O2. The van der Waals surface area contributed by atoms with Crippen molar-refractivity contribution in [2.45, 2.75) is 12.3 Å². The number of anilines is 1. The molecule has 8 nitrogen and oxygen atoms in total. The first-order valence-electron chi connectivity index (χ1n) is 7.78. The average Bonchev–Trinajstić information content (AvgIpc) is 2.67. The van der Waals surface area contributed by atoms with E-state index in [1.54, 1.807) is 0 Å². The molecule has 0 aliphatic carbocycles. The van der Waals surface area contributed by atoms with E-state index in [0.717, 1.165) is 0 Å². The first-order valence-corrected chi connectivity index (χ1v) is 8.16. The lowest BCUT2D eigenvalue weighted by molar-refractivity contribution is -0.172. The minimum Gasteiger partial charge on any atom is -0.324 e. The summed E-state index contributed by atoms with van der Waals surface area (Å²) in [5, 5.41) is 15.5. The molecule has 1 atom stereocenters. The smallest absolute Gasteiger partial charge is 0.324 e. The molecule has 0 bridgehead atoms. The topological polar surface area (TPSA) is 119 Å². The highest BCUT2D eigenvalue weighted by molar-refractivity contribution is 6.30. The van der Waals surface area contributed by atoms with Crippen LogP contribution in [-0.2, 0) is 4.79 Å². The molecule has 150 valence electrons. The lowest BCUT2D eigenvalue weighted by atomic mass is 10.2. The van der Waals surface area contributed by atoms with E-state index in [1.165, 1.54) is 55.0 Å². The van der Waals surface area contributed by atoms with Gasteiger partial charge in [0.1, 0.15) is 0 Å². The van der Waals surface area contributed by atoms with Gasteiger partial charge in [0.25, 0.3) is 11.7 Å². The van der Waals surface area contributed by atoms with Gasteiger partial charge in [-0.25, -0.2) is 4.99 Å². The van der Waals surface area contributed by atoms with E-state index < -0.39 is 30.0 Å². The van der Waals surface area contributed by atoms with Crippen molar-refractivity contribution in [2.75, 3.05) is 5.32 Å². The van der Waals surface area contributed by atoms with Crippen LogP contribution < -0.4 is 16.0 Å². The van der Waals surface area contributed by atoms with Crippen LogP contribution in [0.25, 0.3) is 0 Å². The Labute approximate surface area is 167 Å². The molecule has 0 saturated carbocycles. The van der Waals surface area contributed by atoms with Crippen molar-refractivity contribution in [1.82, 2.24) is 15.6 Å². The highest BCUT2D eigenvalue weighted by Gasteiger charge is 2.44. The van der Waals surface area contributed by atoms with Gasteiger partial charge in [0.05, 0.1) is 11.9 Å². The molecule has 12 heteroatoms. The quantitative estimate of drug-likeness (QED) is 0.293. The van der Waals surface area contributed by atoms with Crippen LogP contribution in [0, 0.1) is 11.5 Å². The zero-order valence-electron chi connectivity index (χ0n) is 14.4. The van der Waals surface area contributed by atoms with Gasteiger partial charge in [-0.1, -0.05) is 11.6 Å². The fraction of sp³-hybridized carbons (Fsp3) is 0.118. The number of ketones is 1. The Morgan fingerprint density at radius 2 is 1.90 bits per heavy atom. The van der Waals surface area contributed by atoms with Gasteiger partial charge >= 0.3 is 6.18 Å². The minimum absolute atomic E-state index is 0.0421. The number of nitrogens with one attached hydrogen (secondary N) is 3. The van der Waals surface area contributed by atoms with Gasteiger partial charge in [-0.2, -0.15) is 18.4 Å². The van der Waals surface area contributed by atoms with Crippen LogP contribution in [0.1, 0.15) is 10.4 Å². The fourth-order valence-corrected chi connectivity index (χ4v) is 2.10. The maximum Gasteiger partial charge on any atom is 0.454 e. The van der Waals surface area contributed by atoms with Crippen LogP contribution in [0.4, 0.5) is 18.9 Å². The summed E-state index contributed by atoms with van der Waals surface area (Å²) in [6, 6.07) is 8.25. The summed E-state index contributed by atoms with van der Waals surface area (Å²) in [5.74, 6) is -3.82. The van der Waals surface area contributed by atoms with Crippen molar-refractivity contribution in [3.05, 3.63) is 59.4 Å². The lowest BCUT2D eigenvalue weighted by Crippen LogP contribution is -2.47. The van der Waals surface area contributed by atoms with Crippen molar-refractivity contribution in [3.8, 4) is 6.19 Å². The molecule has 1 unspecified atom stereocenters. The van der Waals surface area contributed by atoms with Gasteiger partial charge in [0, 0.05) is 16.8 Å². The number of rotatable bonds is 5. The van der Waals surface area contributed by atoms with E-state index in [9.17, 15) is 22.8 Å². The number of guanidine groups is 1. The van der Waals surface area contributed by atoms with Crippen molar-refractivity contribution in [2.24, 2.45) is 4.99 Å². The predicted molar refractivity (Wildman–Crippen MR) is 97.8 cm³/mol. The van der Waals surface area contributed by atoms with Crippen molar-refractivity contribution < 1.29 is 22.8 Å². The molecule has 0 fully saturated rings. The molecule has 0 aliphatic rings. The normalized spacial score (nSPS) is 12.4. The largest absolute Gasteiger partial charge is 0.454 e. The second-order valence-corrected chi connectivity index (χ2v) is 5.76. The summed E-state index contributed by atoms with van der Waals surface area (Å²) in [6.45, 7) is 0. The number of halogens is 4. The molecule has 1 heterocycles. The third-order valence-corrected chi connectivity index (χ3v) is 3.51. The highest BCUT2D eigenvalue weighted by Crippen LogP contribution is 2.19. The van der Waals surface area contributed by atoms with E-state index in [-0.39, 0.29) is 11.3 Å². The summed E-state index contributed by atoms with van der Waals surface area (Å²) in [4.78, 5) is 31.3. The lowest BCUT2D eigenvalue weighted by Gasteiger charge is -2.17. The molecule has 3 N–H and O–H groups in total. The zero-order chi connectivity index (χ0) is 21.4. The summed E-state index contributed by atoms with van der Waals surface area (Å²) < 4.78 is 38.9. The van der Waals surface area contributed by atoms with Gasteiger partial charge in [-0.05, 0) is 36.4 Å². The number of amides is 1. The van der Waals surface area contributed by atoms with E-state index in [1.807, 2.05) is 10.6 Å². The number of nitriles is 1. The number of aliphatic imine (C=N–C) groups is 1. The number of aromatic nitrogens is 1. The molecule has 1 aromatic carbocycles. The molecule has 2 aromatic rings. The number of Topliss-reactive ketones (excluding diaryl/α,β-unsaturated/α-hetero) is 1. The van der Waals surface area contributed by atoms with E-state index in [4.69, 9.17) is 16.9 Å². The van der Waals surface area contributed by atoms with E-state index >= 15 is 0 Å². The number of nitrogens with zero attached hydrogens (tertiary/aromatic N) is 3. The minimum atomic E-state index is -5.28. The van der Waals surface area contributed by atoms with Crippen molar-refractivity contribution in [3.63, 3.8) is 0 Å². The van der Waals surface area contributed by atoms with Gasteiger partial charge in [0.2, 0.25) is 5.96 Å². The summed E-state index contributed by atoms with van der Waals surface area (Å²) in [7, 11) is 0. The van der Waals surface area contributed by atoms with Crippen LogP contribution in [0.3, 0.4) is 0 Å². The van der Waals surface area contributed by atoms with Gasteiger partial charge in [0.15, 0.2) is 12.4 Å². The average molecular weight is 425 g/mol. The van der Waals surface area contributed by atoms with Crippen LogP contribution >= 0.6 is 11.6 Å². The predicted octanol–water partition coefficient (Wildman–Crippen LogP) is 2.46. The zero-order valence-corrected chi connectivity index (χ0v) is 15.1. The molecule has 0 aliphatic heterocycles. The third kappa shape index (κ3) is 6.47. The number of carbonyl (C=O) groups is 2. The molecule has 29 heavy (non-hydrogen) atoms. The molecular weight excluding hydrogens is 413 g/mol. The SMILES string of the molecule is N#CNC(=NC(NC(=O)c1ccc(Cl)cc1)C(=O)C(F)(F)F)Nc1cccnc1. The van der Waals surface area contributed by atoms with Crippen LogP contribution in [-0.4, -0.2) is 35.0 Å². The van der Waals surface area contributed by atoms with E-state index in [0.29, 0.717) is 5.02 Å². The molecule has 1 amide bonds. The first kappa shape index (κ1) is 21.6. The third-order valence-electron chi connectivity index (χ3n) is 3.26. The van der Waals surface area contributed by atoms with Gasteiger partial charge in [-0.15, -0.1) is 0 Å². The number of carbonyl (C=O) groups excluding carboxylic acids is 2. The molecule has 0 spiro atoms. The van der Waals surface area contributed by atoms with Gasteiger partial charge < -0.3 is 10.6 Å². The van der Waals surface area contributed by atoms with Gasteiger partial charge in [-0.3, -0.25) is 19.9 Å². The number of pyridine rings is 1.